The molecule has 1 heterocycles. The Kier molecular flexibility index (Phi) is 2.82. The quantitative estimate of drug-likeness (QED) is 0.723. The van der Waals surface area contributed by atoms with Crippen LogP contribution >= 0.6 is 0 Å². The molecular weight excluding hydrogens is 177 g/mol. The highest BCUT2D eigenvalue weighted by Gasteiger charge is 2.16. The second-order valence-electron chi connectivity index (χ2n) is 4.04. The van der Waals surface area contributed by atoms with Crippen molar-refractivity contribution in [2.75, 3.05) is 13.1 Å². The molecule has 0 amide bonds. The van der Waals surface area contributed by atoms with Crippen molar-refractivity contribution >= 4 is 0 Å². The van der Waals surface area contributed by atoms with Crippen molar-refractivity contribution in [3.05, 3.63) is 35.1 Å². The molecule has 1 aromatic rings. The van der Waals surface area contributed by atoms with Gasteiger partial charge in [-0.3, -0.25) is 0 Å². The van der Waals surface area contributed by atoms with Crippen molar-refractivity contribution in [1.29, 1.82) is 0 Å². The van der Waals surface area contributed by atoms with Gasteiger partial charge in [-0.1, -0.05) is 6.07 Å². The molecule has 1 nitrogen and oxygen atoms in total. The number of piperidine rings is 1. The van der Waals surface area contributed by atoms with Crippen LogP contribution in [0.3, 0.4) is 0 Å². The first kappa shape index (κ1) is 9.66. The summed E-state index contributed by atoms with van der Waals surface area (Å²) in [6, 6.07) is 5.13. The van der Waals surface area contributed by atoms with Crippen LogP contribution in [0.5, 0.6) is 0 Å². The largest absolute Gasteiger partial charge is 0.316 e. The maximum Gasteiger partial charge on any atom is 0.123 e. The van der Waals surface area contributed by atoms with Crippen molar-refractivity contribution in [3.63, 3.8) is 0 Å². The van der Waals surface area contributed by atoms with E-state index in [1.165, 1.54) is 18.4 Å². The average molecular weight is 193 g/mol. The Bertz CT molecular complexity index is 316. The zero-order chi connectivity index (χ0) is 9.97. The van der Waals surface area contributed by atoms with E-state index < -0.39 is 0 Å². The van der Waals surface area contributed by atoms with Crippen molar-refractivity contribution < 1.29 is 4.39 Å². The van der Waals surface area contributed by atoms with E-state index in [0.29, 0.717) is 5.92 Å². The molecule has 1 aliphatic rings. The Labute approximate surface area is 84.3 Å². The summed E-state index contributed by atoms with van der Waals surface area (Å²) in [7, 11) is 0. The SMILES string of the molecule is Cc1cc(F)ccc1C1CCCNC1. The third-order valence-electron chi connectivity index (χ3n) is 2.97. The van der Waals surface area contributed by atoms with Gasteiger partial charge >= 0.3 is 0 Å². The summed E-state index contributed by atoms with van der Waals surface area (Å²) in [5.74, 6) is 0.444. The molecular formula is C12H16FN. The first-order chi connectivity index (χ1) is 6.77. The van der Waals surface area contributed by atoms with Crippen LogP contribution < -0.4 is 5.32 Å². The van der Waals surface area contributed by atoms with E-state index in [2.05, 4.69) is 5.32 Å². The number of benzene rings is 1. The standard InChI is InChI=1S/C12H16FN/c1-9-7-11(13)4-5-12(9)10-3-2-6-14-8-10/h4-5,7,10,14H,2-3,6,8H2,1H3. The summed E-state index contributed by atoms with van der Waals surface area (Å²) < 4.78 is 12.9. The van der Waals surface area contributed by atoms with Crippen molar-refractivity contribution in [3.8, 4) is 0 Å². The lowest BCUT2D eigenvalue weighted by Crippen LogP contribution is -2.28. The number of hydrogen-bond donors (Lipinski definition) is 1. The van der Waals surface area contributed by atoms with Crippen LogP contribution in [-0.2, 0) is 0 Å². The molecule has 2 heteroatoms. The smallest absolute Gasteiger partial charge is 0.123 e. The van der Waals surface area contributed by atoms with Gasteiger partial charge in [-0.15, -0.1) is 0 Å². The van der Waals surface area contributed by atoms with Crippen LogP contribution in [0.15, 0.2) is 18.2 Å². The lowest BCUT2D eigenvalue weighted by Gasteiger charge is -2.24. The van der Waals surface area contributed by atoms with E-state index in [9.17, 15) is 4.39 Å². The average Bonchev–Trinajstić information content (AvgIpc) is 2.19. The van der Waals surface area contributed by atoms with E-state index in [1.807, 2.05) is 13.0 Å². The number of nitrogens with one attached hydrogen (secondary N) is 1. The minimum Gasteiger partial charge on any atom is -0.316 e. The highest BCUT2D eigenvalue weighted by Crippen LogP contribution is 2.26. The predicted octanol–water partition coefficient (Wildman–Crippen LogP) is 2.60. The highest BCUT2D eigenvalue weighted by molar-refractivity contribution is 5.30. The van der Waals surface area contributed by atoms with Gasteiger partial charge in [0.05, 0.1) is 0 Å². The van der Waals surface area contributed by atoms with Crippen LogP contribution in [-0.4, -0.2) is 13.1 Å². The lowest BCUT2D eigenvalue weighted by molar-refractivity contribution is 0.460. The zero-order valence-electron chi connectivity index (χ0n) is 8.52. The second-order valence-corrected chi connectivity index (χ2v) is 4.04. The third kappa shape index (κ3) is 1.95. The second kappa shape index (κ2) is 4.09. The fourth-order valence-corrected chi connectivity index (χ4v) is 2.21. The molecule has 14 heavy (non-hydrogen) atoms. The van der Waals surface area contributed by atoms with Crippen LogP contribution in [0.2, 0.25) is 0 Å². The maximum atomic E-state index is 12.9. The highest BCUT2D eigenvalue weighted by atomic mass is 19.1. The van der Waals surface area contributed by atoms with Gasteiger partial charge in [0.1, 0.15) is 5.82 Å². The van der Waals surface area contributed by atoms with Crippen molar-refractivity contribution in [2.45, 2.75) is 25.7 Å². The van der Waals surface area contributed by atoms with E-state index in [1.54, 1.807) is 12.1 Å². The van der Waals surface area contributed by atoms with E-state index in [-0.39, 0.29) is 5.82 Å². The number of rotatable bonds is 1. The van der Waals surface area contributed by atoms with Gasteiger partial charge in [0.25, 0.3) is 0 Å². The van der Waals surface area contributed by atoms with Gasteiger partial charge in [0.15, 0.2) is 0 Å². The van der Waals surface area contributed by atoms with Crippen LogP contribution in [0, 0.1) is 12.7 Å². The third-order valence-corrected chi connectivity index (χ3v) is 2.97. The van der Waals surface area contributed by atoms with Gasteiger partial charge in [-0.25, -0.2) is 4.39 Å². The molecule has 1 fully saturated rings. The van der Waals surface area contributed by atoms with Gasteiger partial charge < -0.3 is 5.32 Å². The predicted molar refractivity (Wildman–Crippen MR) is 56.0 cm³/mol. The van der Waals surface area contributed by atoms with Gasteiger partial charge in [0.2, 0.25) is 0 Å². The molecule has 1 aliphatic heterocycles. The number of hydrogen-bond acceptors (Lipinski definition) is 1. The Morgan fingerprint density at radius 1 is 1.43 bits per heavy atom. The topological polar surface area (TPSA) is 12.0 Å². The summed E-state index contributed by atoms with van der Waals surface area (Å²) in [5.41, 5.74) is 2.39. The summed E-state index contributed by atoms with van der Waals surface area (Å²) in [5, 5.41) is 3.38. The lowest BCUT2D eigenvalue weighted by atomic mass is 9.89. The van der Waals surface area contributed by atoms with E-state index in [4.69, 9.17) is 0 Å². The monoisotopic (exact) mass is 193 g/mol. The molecule has 76 valence electrons. The molecule has 0 bridgehead atoms. The first-order valence-corrected chi connectivity index (χ1v) is 5.24. The van der Waals surface area contributed by atoms with Crippen LogP contribution in [0.25, 0.3) is 0 Å². The Morgan fingerprint density at radius 3 is 2.93 bits per heavy atom. The summed E-state index contributed by atoms with van der Waals surface area (Å²) in [6.45, 7) is 4.15. The Morgan fingerprint density at radius 2 is 2.29 bits per heavy atom. The van der Waals surface area contributed by atoms with E-state index >= 15 is 0 Å². The molecule has 1 unspecified atom stereocenters. The molecule has 1 saturated heterocycles. The van der Waals surface area contributed by atoms with Gasteiger partial charge in [-0.2, -0.15) is 0 Å². The maximum absolute atomic E-state index is 12.9. The zero-order valence-corrected chi connectivity index (χ0v) is 8.52. The molecule has 0 aromatic heterocycles. The fraction of sp³-hybridized carbons (Fsp3) is 0.500. The molecule has 0 radical (unpaired) electrons. The van der Waals surface area contributed by atoms with Crippen molar-refractivity contribution in [2.24, 2.45) is 0 Å². The number of aryl methyl sites for hydroxylation is 1. The Hall–Kier alpha value is -0.890. The molecule has 0 spiro atoms. The molecule has 0 saturated carbocycles. The minimum absolute atomic E-state index is 0.130. The van der Waals surface area contributed by atoms with Crippen LogP contribution in [0.1, 0.15) is 29.9 Å². The molecule has 1 aromatic carbocycles. The summed E-state index contributed by atoms with van der Waals surface area (Å²) in [4.78, 5) is 0. The fourth-order valence-electron chi connectivity index (χ4n) is 2.21. The Balaban J connectivity index is 2.22. The summed E-state index contributed by atoms with van der Waals surface area (Å²) in [6.07, 6.45) is 2.45. The number of halogens is 1. The summed E-state index contributed by atoms with van der Waals surface area (Å²) >= 11 is 0. The molecule has 1 atom stereocenters. The first-order valence-electron chi connectivity index (χ1n) is 5.24. The van der Waals surface area contributed by atoms with Gasteiger partial charge in [-0.05, 0) is 55.5 Å². The van der Waals surface area contributed by atoms with Crippen LogP contribution in [0.4, 0.5) is 4.39 Å². The van der Waals surface area contributed by atoms with Crippen molar-refractivity contribution in [1.82, 2.24) is 5.32 Å². The normalized spacial score (nSPS) is 22.3. The molecule has 1 N–H and O–H groups in total. The molecule has 0 aliphatic carbocycles. The minimum atomic E-state index is -0.130. The van der Waals surface area contributed by atoms with Gasteiger partial charge in [0, 0.05) is 6.54 Å². The van der Waals surface area contributed by atoms with E-state index in [0.717, 1.165) is 18.7 Å². The molecule has 2 rings (SSSR count).